The van der Waals surface area contributed by atoms with E-state index in [0.717, 1.165) is 38.1 Å². The Bertz CT molecular complexity index is 506. The predicted octanol–water partition coefficient (Wildman–Crippen LogP) is 3.35. The van der Waals surface area contributed by atoms with E-state index in [1.807, 2.05) is 17.9 Å². The third-order valence-electron chi connectivity index (χ3n) is 4.65. The van der Waals surface area contributed by atoms with Crippen molar-refractivity contribution in [1.82, 2.24) is 4.90 Å². The van der Waals surface area contributed by atoms with Crippen LogP contribution in [0.3, 0.4) is 0 Å². The number of rotatable bonds is 3. The van der Waals surface area contributed by atoms with Gasteiger partial charge in [0.25, 0.3) is 5.91 Å². The van der Waals surface area contributed by atoms with Gasteiger partial charge in [-0.15, -0.1) is 0 Å². The molecule has 1 aromatic rings. The second kappa shape index (κ2) is 6.50. The molecule has 0 saturated carbocycles. The van der Waals surface area contributed by atoms with Gasteiger partial charge < -0.3 is 9.64 Å². The van der Waals surface area contributed by atoms with Crippen LogP contribution in [0.5, 0.6) is 5.75 Å². The molecule has 3 rings (SSSR count). The molecule has 1 aliphatic heterocycles. The maximum Gasteiger partial charge on any atom is 0.263 e. The summed E-state index contributed by atoms with van der Waals surface area (Å²) in [5.41, 5.74) is 2.85. The quantitative estimate of drug-likeness (QED) is 0.853. The molecule has 0 N–H and O–H groups in total. The number of carbonyl (C=O) groups excluding carboxylic acids is 1. The molecule has 3 nitrogen and oxygen atoms in total. The normalized spacial score (nSPS) is 19.8. The smallest absolute Gasteiger partial charge is 0.263 e. The predicted molar refractivity (Wildman–Crippen MR) is 83.6 cm³/mol. The number of ether oxygens (including phenoxy) is 1. The van der Waals surface area contributed by atoms with Crippen LogP contribution in [-0.2, 0) is 17.6 Å². The van der Waals surface area contributed by atoms with Crippen molar-refractivity contribution in [3.63, 3.8) is 0 Å². The number of aryl methyl sites for hydroxylation is 2. The summed E-state index contributed by atoms with van der Waals surface area (Å²) in [5, 5.41) is 0. The third kappa shape index (κ3) is 3.39. The highest BCUT2D eigenvalue weighted by Gasteiger charge is 2.23. The van der Waals surface area contributed by atoms with E-state index in [4.69, 9.17) is 4.74 Å². The minimum absolute atomic E-state index is 0.132. The Morgan fingerprint density at radius 2 is 1.76 bits per heavy atom. The summed E-state index contributed by atoms with van der Waals surface area (Å²) in [6.45, 7) is 3.64. The van der Waals surface area contributed by atoms with E-state index >= 15 is 0 Å². The summed E-state index contributed by atoms with van der Waals surface area (Å²) in [6.07, 6.45) is 7.97. The molecule has 1 aliphatic carbocycles. The van der Waals surface area contributed by atoms with Crippen LogP contribution >= 0.6 is 0 Å². The van der Waals surface area contributed by atoms with Gasteiger partial charge in [-0.25, -0.2) is 0 Å². The van der Waals surface area contributed by atoms with E-state index in [-0.39, 0.29) is 12.0 Å². The van der Waals surface area contributed by atoms with Crippen molar-refractivity contribution in [2.24, 2.45) is 0 Å². The van der Waals surface area contributed by atoms with Crippen LogP contribution in [0, 0.1) is 0 Å². The van der Waals surface area contributed by atoms with Gasteiger partial charge in [-0.05, 0) is 75.1 Å². The molecule has 1 aromatic carbocycles. The molecular weight excluding hydrogens is 262 g/mol. The molecule has 1 atom stereocenters. The second-order valence-electron chi connectivity index (χ2n) is 6.28. The molecule has 1 amide bonds. The average molecular weight is 287 g/mol. The highest BCUT2D eigenvalue weighted by atomic mass is 16.5. The summed E-state index contributed by atoms with van der Waals surface area (Å²) in [6, 6.07) is 6.32. The second-order valence-corrected chi connectivity index (χ2v) is 6.28. The van der Waals surface area contributed by atoms with Crippen LogP contribution in [0.1, 0.15) is 50.2 Å². The number of carbonyl (C=O) groups is 1. The zero-order chi connectivity index (χ0) is 14.7. The van der Waals surface area contributed by atoms with E-state index in [1.165, 1.54) is 36.8 Å². The number of hydrogen-bond donors (Lipinski definition) is 0. The Balaban J connectivity index is 1.63. The van der Waals surface area contributed by atoms with Crippen LogP contribution in [0.15, 0.2) is 18.2 Å². The lowest BCUT2D eigenvalue weighted by atomic mass is 9.92. The molecule has 2 aliphatic rings. The Labute approximate surface area is 127 Å². The van der Waals surface area contributed by atoms with Crippen molar-refractivity contribution >= 4 is 5.91 Å². The van der Waals surface area contributed by atoms with E-state index in [9.17, 15) is 4.79 Å². The number of benzene rings is 1. The summed E-state index contributed by atoms with van der Waals surface area (Å²) in [4.78, 5) is 14.3. The van der Waals surface area contributed by atoms with Crippen molar-refractivity contribution in [3.05, 3.63) is 29.3 Å². The Hall–Kier alpha value is -1.51. The number of amides is 1. The SMILES string of the molecule is CC(Oc1ccc2c(c1)CCCC2)C(=O)N1CCCCC1. The molecule has 3 heteroatoms. The molecule has 114 valence electrons. The first kappa shape index (κ1) is 14.4. The Morgan fingerprint density at radius 1 is 1.05 bits per heavy atom. The molecule has 1 saturated heterocycles. The topological polar surface area (TPSA) is 29.5 Å². The van der Waals surface area contributed by atoms with E-state index in [0.29, 0.717) is 0 Å². The van der Waals surface area contributed by atoms with Crippen molar-refractivity contribution in [2.45, 2.75) is 58.0 Å². The molecule has 1 fully saturated rings. The lowest BCUT2D eigenvalue weighted by molar-refractivity contribution is -0.138. The molecule has 0 bridgehead atoms. The van der Waals surface area contributed by atoms with Crippen LogP contribution in [0.25, 0.3) is 0 Å². The number of fused-ring (bicyclic) bond motifs is 1. The van der Waals surface area contributed by atoms with Crippen molar-refractivity contribution in [1.29, 1.82) is 0 Å². The van der Waals surface area contributed by atoms with Crippen LogP contribution in [-0.4, -0.2) is 30.0 Å². The molecule has 0 aromatic heterocycles. The fourth-order valence-electron chi connectivity index (χ4n) is 3.41. The molecule has 21 heavy (non-hydrogen) atoms. The first-order chi connectivity index (χ1) is 10.2. The lowest BCUT2D eigenvalue weighted by Gasteiger charge is -2.29. The van der Waals surface area contributed by atoms with Gasteiger partial charge in [0.1, 0.15) is 5.75 Å². The fourth-order valence-corrected chi connectivity index (χ4v) is 3.41. The van der Waals surface area contributed by atoms with Gasteiger partial charge in [0.2, 0.25) is 0 Å². The van der Waals surface area contributed by atoms with Gasteiger partial charge >= 0.3 is 0 Å². The first-order valence-electron chi connectivity index (χ1n) is 8.31. The maximum atomic E-state index is 12.4. The monoisotopic (exact) mass is 287 g/mol. The number of likely N-dealkylation sites (tertiary alicyclic amines) is 1. The Morgan fingerprint density at radius 3 is 2.52 bits per heavy atom. The summed E-state index contributed by atoms with van der Waals surface area (Å²) in [5.74, 6) is 0.973. The molecule has 0 radical (unpaired) electrons. The zero-order valence-electron chi connectivity index (χ0n) is 12.9. The zero-order valence-corrected chi connectivity index (χ0v) is 12.9. The Kier molecular flexibility index (Phi) is 4.47. The molecule has 1 unspecified atom stereocenters. The van der Waals surface area contributed by atoms with Gasteiger partial charge in [0.05, 0.1) is 0 Å². The van der Waals surface area contributed by atoms with Gasteiger partial charge in [0.15, 0.2) is 6.10 Å². The average Bonchev–Trinajstić information content (AvgIpc) is 2.55. The first-order valence-corrected chi connectivity index (χ1v) is 8.31. The van der Waals surface area contributed by atoms with Gasteiger partial charge in [-0.3, -0.25) is 4.79 Å². The summed E-state index contributed by atoms with van der Waals surface area (Å²) < 4.78 is 5.90. The van der Waals surface area contributed by atoms with E-state index < -0.39 is 0 Å². The number of piperidine rings is 1. The van der Waals surface area contributed by atoms with Crippen LogP contribution in [0.2, 0.25) is 0 Å². The minimum atomic E-state index is -0.384. The van der Waals surface area contributed by atoms with Crippen molar-refractivity contribution in [3.8, 4) is 5.75 Å². The van der Waals surface area contributed by atoms with Gasteiger partial charge in [-0.1, -0.05) is 6.07 Å². The van der Waals surface area contributed by atoms with E-state index in [1.54, 1.807) is 0 Å². The molecule has 0 spiro atoms. The van der Waals surface area contributed by atoms with Crippen LogP contribution < -0.4 is 4.74 Å². The fraction of sp³-hybridized carbons (Fsp3) is 0.611. The standard InChI is InChI=1S/C18H25NO2/c1-14(18(20)19-11-5-2-6-12-19)21-17-10-9-15-7-3-4-8-16(15)13-17/h9-10,13-14H,2-8,11-12H2,1H3. The van der Waals surface area contributed by atoms with Crippen LogP contribution in [0.4, 0.5) is 0 Å². The number of nitrogens with zero attached hydrogens (tertiary/aromatic N) is 1. The molecular formula is C18H25NO2. The maximum absolute atomic E-state index is 12.4. The van der Waals surface area contributed by atoms with Crippen molar-refractivity contribution < 1.29 is 9.53 Å². The summed E-state index contributed by atoms with van der Waals surface area (Å²) >= 11 is 0. The lowest BCUT2D eigenvalue weighted by Crippen LogP contribution is -2.43. The summed E-state index contributed by atoms with van der Waals surface area (Å²) in [7, 11) is 0. The van der Waals surface area contributed by atoms with E-state index in [2.05, 4.69) is 12.1 Å². The minimum Gasteiger partial charge on any atom is -0.481 e. The number of hydrogen-bond acceptors (Lipinski definition) is 2. The third-order valence-corrected chi connectivity index (χ3v) is 4.65. The van der Waals surface area contributed by atoms with Gasteiger partial charge in [-0.2, -0.15) is 0 Å². The van der Waals surface area contributed by atoms with Crippen molar-refractivity contribution in [2.75, 3.05) is 13.1 Å². The largest absolute Gasteiger partial charge is 0.481 e. The highest BCUT2D eigenvalue weighted by Crippen LogP contribution is 2.26. The molecule has 1 heterocycles. The highest BCUT2D eigenvalue weighted by molar-refractivity contribution is 5.81. The van der Waals surface area contributed by atoms with Gasteiger partial charge in [0, 0.05) is 13.1 Å².